The largest absolute Gasteiger partial charge is 0.508 e. The van der Waals surface area contributed by atoms with Crippen molar-refractivity contribution in [3.05, 3.63) is 58.1 Å². The zero-order chi connectivity index (χ0) is 21.6. The summed E-state index contributed by atoms with van der Waals surface area (Å²) in [7, 11) is 0. The molecule has 0 amide bonds. The number of aromatic hydroxyl groups is 1. The van der Waals surface area contributed by atoms with Gasteiger partial charge in [-0.1, -0.05) is 0 Å². The number of aromatic carboxylic acids is 1. The molecule has 9 heteroatoms. The molecule has 0 radical (unpaired) electrons. The van der Waals surface area contributed by atoms with E-state index in [0.717, 1.165) is 12.5 Å². The predicted molar refractivity (Wildman–Crippen MR) is 110 cm³/mol. The highest BCUT2D eigenvalue weighted by atomic mass is 19.1. The molecular weight excluding hydrogens is 391 g/mol. The van der Waals surface area contributed by atoms with Crippen LogP contribution in [0.4, 0.5) is 10.2 Å². The van der Waals surface area contributed by atoms with E-state index in [1.54, 1.807) is 17.0 Å². The molecule has 0 bridgehead atoms. The first-order valence-electron chi connectivity index (χ1n) is 9.55. The van der Waals surface area contributed by atoms with Gasteiger partial charge in [0.15, 0.2) is 17.3 Å². The highest BCUT2D eigenvalue weighted by Gasteiger charge is 2.29. The minimum atomic E-state index is -1.42. The summed E-state index contributed by atoms with van der Waals surface area (Å²) < 4.78 is 16.4. The Hall–Kier alpha value is -3.46. The number of aromatic nitrogens is 2. The molecule has 1 aliphatic heterocycles. The molecule has 1 saturated heterocycles. The molecule has 0 saturated carbocycles. The van der Waals surface area contributed by atoms with E-state index in [0.29, 0.717) is 18.8 Å². The second-order valence-corrected chi connectivity index (χ2v) is 7.58. The lowest BCUT2D eigenvalue weighted by Gasteiger charge is -2.21. The van der Waals surface area contributed by atoms with E-state index < -0.39 is 22.8 Å². The van der Waals surface area contributed by atoms with Crippen LogP contribution in [0.25, 0.3) is 16.7 Å². The van der Waals surface area contributed by atoms with E-state index in [9.17, 15) is 24.2 Å². The number of phenols is 1. The van der Waals surface area contributed by atoms with Crippen LogP contribution < -0.4 is 16.1 Å². The summed E-state index contributed by atoms with van der Waals surface area (Å²) >= 11 is 0. The van der Waals surface area contributed by atoms with Crippen molar-refractivity contribution in [2.24, 2.45) is 11.7 Å². The van der Waals surface area contributed by atoms with Gasteiger partial charge in [0.2, 0.25) is 5.43 Å². The predicted octanol–water partition coefficient (Wildman–Crippen LogP) is 2.10. The molecule has 156 valence electrons. The van der Waals surface area contributed by atoms with E-state index in [4.69, 9.17) is 5.73 Å². The Kier molecular flexibility index (Phi) is 4.90. The van der Waals surface area contributed by atoms with Crippen LogP contribution >= 0.6 is 0 Å². The number of halogens is 1. The monoisotopic (exact) mass is 412 g/mol. The van der Waals surface area contributed by atoms with Crippen LogP contribution in [0.15, 0.2) is 41.3 Å². The SMILES string of the molecule is C[C@H](N)[C@H]1CCN(c2nc3c(cc2F)c(=O)c(C(=O)O)cn3-c2ccc(O)cc2)C1. The minimum Gasteiger partial charge on any atom is -0.508 e. The van der Waals surface area contributed by atoms with Gasteiger partial charge in [0.1, 0.15) is 11.3 Å². The number of anilines is 1. The van der Waals surface area contributed by atoms with Crippen LogP contribution in [0.5, 0.6) is 5.75 Å². The third kappa shape index (κ3) is 3.37. The van der Waals surface area contributed by atoms with E-state index in [2.05, 4.69) is 4.98 Å². The number of carboxylic acids is 1. The first-order chi connectivity index (χ1) is 14.3. The molecule has 2 aromatic heterocycles. The van der Waals surface area contributed by atoms with E-state index in [1.165, 1.54) is 22.9 Å². The summed E-state index contributed by atoms with van der Waals surface area (Å²) in [5.74, 6) is -1.78. The van der Waals surface area contributed by atoms with Gasteiger partial charge in [-0.25, -0.2) is 14.2 Å². The van der Waals surface area contributed by atoms with Crippen LogP contribution in [0.3, 0.4) is 0 Å². The standard InChI is InChI=1S/C21H21FN4O4/c1-11(23)12-6-7-25(9-12)20-17(22)8-15-18(28)16(21(29)30)10-26(19(15)24-20)13-2-4-14(27)5-3-13/h2-5,8,10-12,27H,6-7,9,23H2,1H3,(H,29,30)/t11-,12-/m0/s1. The van der Waals surface area contributed by atoms with Crippen molar-refractivity contribution >= 4 is 22.8 Å². The van der Waals surface area contributed by atoms with Crippen LogP contribution in [-0.2, 0) is 0 Å². The maximum absolute atomic E-state index is 14.9. The lowest BCUT2D eigenvalue weighted by Crippen LogP contribution is -2.30. The number of hydrogen-bond acceptors (Lipinski definition) is 6. The number of pyridine rings is 2. The molecule has 0 unspecified atom stereocenters. The molecule has 1 aliphatic rings. The number of nitrogens with zero attached hydrogens (tertiary/aromatic N) is 3. The van der Waals surface area contributed by atoms with Crippen LogP contribution in [0.2, 0.25) is 0 Å². The normalized spacial score (nSPS) is 17.4. The van der Waals surface area contributed by atoms with Crippen molar-refractivity contribution in [1.82, 2.24) is 9.55 Å². The second-order valence-electron chi connectivity index (χ2n) is 7.58. The Labute approximate surface area is 171 Å². The highest BCUT2D eigenvalue weighted by molar-refractivity contribution is 5.92. The van der Waals surface area contributed by atoms with Gasteiger partial charge in [-0.05, 0) is 49.6 Å². The minimum absolute atomic E-state index is 0.0289. The number of nitrogens with two attached hydrogens (primary N) is 1. The van der Waals surface area contributed by atoms with Gasteiger partial charge in [-0.3, -0.25) is 4.79 Å². The first-order valence-corrected chi connectivity index (χ1v) is 9.55. The average molecular weight is 412 g/mol. The summed E-state index contributed by atoms with van der Waals surface area (Å²) in [6.07, 6.45) is 1.97. The van der Waals surface area contributed by atoms with Crippen molar-refractivity contribution in [2.45, 2.75) is 19.4 Å². The Bertz CT molecular complexity index is 1190. The molecule has 1 fully saturated rings. The fourth-order valence-electron chi connectivity index (χ4n) is 3.81. The summed E-state index contributed by atoms with van der Waals surface area (Å²) in [6, 6.07) is 6.97. The average Bonchev–Trinajstić information content (AvgIpc) is 3.19. The third-order valence-corrected chi connectivity index (χ3v) is 5.54. The third-order valence-electron chi connectivity index (χ3n) is 5.54. The number of phenolic OH excluding ortho intramolecular Hbond substituents is 1. The molecule has 2 atom stereocenters. The highest BCUT2D eigenvalue weighted by Crippen LogP contribution is 2.29. The fourth-order valence-corrected chi connectivity index (χ4v) is 3.81. The zero-order valence-corrected chi connectivity index (χ0v) is 16.2. The van der Waals surface area contributed by atoms with Crippen molar-refractivity contribution < 1.29 is 19.4 Å². The van der Waals surface area contributed by atoms with E-state index in [1.807, 2.05) is 6.92 Å². The smallest absolute Gasteiger partial charge is 0.341 e. The molecule has 0 aliphatic carbocycles. The number of fused-ring (bicyclic) bond motifs is 1. The Balaban J connectivity index is 1.94. The van der Waals surface area contributed by atoms with Gasteiger partial charge in [0.25, 0.3) is 0 Å². The maximum Gasteiger partial charge on any atom is 0.341 e. The molecule has 4 N–H and O–H groups in total. The summed E-state index contributed by atoms with van der Waals surface area (Å²) in [5, 5.41) is 18.9. The molecule has 8 nitrogen and oxygen atoms in total. The number of carboxylic acid groups (broad SMARTS) is 1. The van der Waals surface area contributed by atoms with Gasteiger partial charge < -0.3 is 25.4 Å². The zero-order valence-electron chi connectivity index (χ0n) is 16.2. The number of benzene rings is 1. The topological polar surface area (TPSA) is 122 Å². The van der Waals surface area contributed by atoms with Crippen molar-refractivity contribution in [3.8, 4) is 11.4 Å². The van der Waals surface area contributed by atoms with E-state index >= 15 is 0 Å². The molecule has 30 heavy (non-hydrogen) atoms. The van der Waals surface area contributed by atoms with Crippen LogP contribution in [0.1, 0.15) is 23.7 Å². The fraction of sp³-hybridized carbons (Fsp3) is 0.286. The lowest BCUT2D eigenvalue weighted by molar-refractivity contribution is 0.0695. The molecule has 3 heterocycles. The van der Waals surface area contributed by atoms with Crippen molar-refractivity contribution in [1.29, 1.82) is 0 Å². The lowest BCUT2D eigenvalue weighted by atomic mass is 10.0. The maximum atomic E-state index is 14.9. The molecule has 4 rings (SSSR count). The summed E-state index contributed by atoms with van der Waals surface area (Å²) in [4.78, 5) is 30.5. The van der Waals surface area contributed by atoms with Gasteiger partial charge in [-0.15, -0.1) is 0 Å². The Morgan fingerprint density at radius 1 is 1.33 bits per heavy atom. The first kappa shape index (κ1) is 19.8. The summed E-state index contributed by atoms with van der Waals surface area (Å²) in [6.45, 7) is 3.04. The van der Waals surface area contributed by atoms with Gasteiger partial charge in [-0.2, -0.15) is 0 Å². The van der Waals surface area contributed by atoms with Gasteiger partial charge >= 0.3 is 5.97 Å². The van der Waals surface area contributed by atoms with Gasteiger partial charge in [0, 0.05) is 31.0 Å². The quantitative estimate of drug-likeness (QED) is 0.600. The molecule has 1 aromatic carbocycles. The second kappa shape index (κ2) is 7.42. The molecular formula is C21H21FN4O4. The Morgan fingerprint density at radius 3 is 2.63 bits per heavy atom. The van der Waals surface area contributed by atoms with Crippen molar-refractivity contribution in [3.63, 3.8) is 0 Å². The van der Waals surface area contributed by atoms with Crippen molar-refractivity contribution in [2.75, 3.05) is 18.0 Å². The summed E-state index contributed by atoms with van der Waals surface area (Å²) in [5.41, 5.74) is 5.29. The number of hydrogen-bond donors (Lipinski definition) is 3. The van der Waals surface area contributed by atoms with Crippen LogP contribution in [0, 0.1) is 11.7 Å². The molecule has 3 aromatic rings. The Morgan fingerprint density at radius 2 is 2.03 bits per heavy atom. The van der Waals surface area contributed by atoms with E-state index in [-0.39, 0.29) is 34.6 Å². The number of carbonyl (C=O) groups is 1. The van der Waals surface area contributed by atoms with Crippen LogP contribution in [-0.4, -0.2) is 44.9 Å². The molecule has 0 spiro atoms. The number of rotatable bonds is 4. The van der Waals surface area contributed by atoms with Gasteiger partial charge in [0.05, 0.1) is 5.39 Å².